The van der Waals surface area contributed by atoms with Gasteiger partial charge >= 0.3 is 0 Å². The van der Waals surface area contributed by atoms with Crippen LogP contribution < -0.4 is 4.74 Å². The maximum absolute atomic E-state index is 14.2. The number of rotatable bonds is 7. The summed E-state index contributed by atoms with van der Waals surface area (Å²) in [6, 6.07) is 6.16. The van der Waals surface area contributed by atoms with E-state index in [1.807, 2.05) is 4.57 Å². The minimum Gasteiger partial charge on any atom is -0.507 e. The number of ether oxygens (including phenoxy) is 1. The van der Waals surface area contributed by atoms with E-state index in [9.17, 15) is 19.1 Å². The third-order valence-electron chi connectivity index (χ3n) is 5.15. The fraction of sp³-hybridized carbons (Fsp3) is 0.227. The lowest BCUT2D eigenvalue weighted by atomic mass is 9.99. The largest absolute Gasteiger partial charge is 0.507 e. The molecule has 8 nitrogen and oxygen atoms in total. The smallest absolute Gasteiger partial charge is 0.295 e. The number of halogens is 1. The van der Waals surface area contributed by atoms with Crippen molar-refractivity contribution in [3.05, 3.63) is 78.0 Å². The van der Waals surface area contributed by atoms with E-state index in [0.29, 0.717) is 18.7 Å². The molecule has 0 radical (unpaired) electrons. The van der Waals surface area contributed by atoms with E-state index in [2.05, 4.69) is 4.98 Å². The molecule has 0 aliphatic carbocycles. The number of hydrogen-bond donors (Lipinski definition) is 1. The van der Waals surface area contributed by atoms with Crippen LogP contribution in [0.3, 0.4) is 0 Å². The number of nitrogens with zero attached hydrogens (tertiary/aromatic N) is 3. The molecule has 1 atom stereocenters. The molecule has 4 rings (SSSR count). The Balaban J connectivity index is 1.70. The lowest BCUT2D eigenvalue weighted by Crippen LogP contribution is -2.31. The number of carbonyl (C=O) groups excluding carboxylic acids is 2. The van der Waals surface area contributed by atoms with Crippen LogP contribution in [0.1, 0.15) is 23.8 Å². The number of benzene rings is 1. The van der Waals surface area contributed by atoms with Crippen molar-refractivity contribution in [1.82, 2.24) is 14.5 Å². The number of ketones is 1. The van der Waals surface area contributed by atoms with Crippen LogP contribution in [-0.2, 0) is 16.1 Å². The molecular formula is C22H20FN3O5. The van der Waals surface area contributed by atoms with Gasteiger partial charge in [-0.15, -0.1) is 0 Å². The van der Waals surface area contributed by atoms with Gasteiger partial charge < -0.3 is 23.7 Å². The van der Waals surface area contributed by atoms with Crippen LogP contribution in [0.15, 0.2) is 65.3 Å². The number of aromatic nitrogens is 2. The van der Waals surface area contributed by atoms with Gasteiger partial charge in [0.2, 0.25) is 0 Å². The van der Waals surface area contributed by atoms with Crippen LogP contribution in [0.25, 0.3) is 5.76 Å². The number of amides is 1. The van der Waals surface area contributed by atoms with E-state index in [1.54, 1.807) is 30.9 Å². The summed E-state index contributed by atoms with van der Waals surface area (Å²) in [6.07, 6.45) is 7.10. The Morgan fingerprint density at radius 1 is 1.29 bits per heavy atom. The maximum atomic E-state index is 14.2. The van der Waals surface area contributed by atoms with E-state index < -0.39 is 29.3 Å². The molecule has 31 heavy (non-hydrogen) atoms. The summed E-state index contributed by atoms with van der Waals surface area (Å²) in [5.41, 5.74) is -0.0848. The van der Waals surface area contributed by atoms with E-state index in [4.69, 9.17) is 9.15 Å². The zero-order valence-electron chi connectivity index (χ0n) is 16.7. The molecule has 160 valence electrons. The maximum Gasteiger partial charge on any atom is 0.295 e. The predicted molar refractivity (Wildman–Crippen MR) is 108 cm³/mol. The summed E-state index contributed by atoms with van der Waals surface area (Å²) in [5.74, 6) is -2.44. The molecule has 1 saturated heterocycles. The normalized spacial score (nSPS) is 18.0. The number of hydrogen-bond acceptors (Lipinski definition) is 6. The second-order valence-corrected chi connectivity index (χ2v) is 7.01. The summed E-state index contributed by atoms with van der Waals surface area (Å²) < 4.78 is 26.4. The number of aliphatic hydroxyl groups is 1. The van der Waals surface area contributed by atoms with Crippen molar-refractivity contribution >= 4 is 17.4 Å². The quantitative estimate of drug-likeness (QED) is 0.355. The van der Waals surface area contributed by atoms with Crippen molar-refractivity contribution in [3.63, 3.8) is 0 Å². The Kier molecular flexibility index (Phi) is 5.57. The highest BCUT2D eigenvalue weighted by molar-refractivity contribution is 6.46. The average molecular weight is 425 g/mol. The fourth-order valence-electron chi connectivity index (χ4n) is 3.67. The topological polar surface area (TPSA) is 97.8 Å². The highest BCUT2D eigenvalue weighted by Crippen LogP contribution is 2.40. The van der Waals surface area contributed by atoms with Crippen LogP contribution in [0.2, 0.25) is 0 Å². The van der Waals surface area contributed by atoms with Gasteiger partial charge in [0.25, 0.3) is 11.7 Å². The Bertz CT molecular complexity index is 1120. The molecule has 1 N–H and O–H groups in total. The summed E-state index contributed by atoms with van der Waals surface area (Å²) in [6.45, 7) is 0.847. The number of methoxy groups -OCH3 is 1. The predicted octanol–water partition coefficient (Wildman–Crippen LogP) is 3.14. The molecule has 3 heterocycles. The van der Waals surface area contributed by atoms with Crippen LogP contribution in [0, 0.1) is 5.82 Å². The van der Waals surface area contributed by atoms with Gasteiger partial charge in [-0.05, 0) is 36.8 Å². The molecule has 0 saturated carbocycles. The first-order valence-corrected chi connectivity index (χ1v) is 9.62. The highest BCUT2D eigenvalue weighted by Gasteiger charge is 2.47. The zero-order chi connectivity index (χ0) is 22.0. The molecule has 9 heteroatoms. The molecular weight excluding hydrogens is 405 g/mol. The molecule has 3 aromatic rings. The Hall–Kier alpha value is -3.88. The Morgan fingerprint density at radius 3 is 2.77 bits per heavy atom. The minimum absolute atomic E-state index is 0.000845. The van der Waals surface area contributed by atoms with Gasteiger partial charge in [0.05, 0.1) is 25.3 Å². The van der Waals surface area contributed by atoms with E-state index in [0.717, 1.165) is 6.07 Å². The summed E-state index contributed by atoms with van der Waals surface area (Å²) in [4.78, 5) is 31.0. The van der Waals surface area contributed by atoms with Crippen molar-refractivity contribution in [2.75, 3.05) is 13.7 Å². The van der Waals surface area contributed by atoms with Crippen LogP contribution >= 0.6 is 0 Å². The van der Waals surface area contributed by atoms with Crippen molar-refractivity contribution < 1.29 is 28.2 Å². The number of aryl methyl sites for hydroxylation is 1. The van der Waals surface area contributed by atoms with E-state index in [-0.39, 0.29) is 23.4 Å². The molecule has 1 unspecified atom stereocenters. The lowest BCUT2D eigenvalue weighted by Gasteiger charge is -2.23. The fourth-order valence-corrected chi connectivity index (χ4v) is 3.67. The van der Waals surface area contributed by atoms with Gasteiger partial charge in [-0.3, -0.25) is 9.59 Å². The van der Waals surface area contributed by atoms with Crippen LogP contribution in [0.5, 0.6) is 5.75 Å². The minimum atomic E-state index is -0.914. The van der Waals surface area contributed by atoms with E-state index >= 15 is 0 Å². The second kappa shape index (κ2) is 8.47. The van der Waals surface area contributed by atoms with Crippen molar-refractivity contribution in [3.8, 4) is 5.75 Å². The summed E-state index contributed by atoms with van der Waals surface area (Å²) >= 11 is 0. The molecule has 0 bridgehead atoms. The highest BCUT2D eigenvalue weighted by atomic mass is 19.1. The van der Waals surface area contributed by atoms with Gasteiger partial charge in [0.1, 0.15) is 17.6 Å². The third kappa shape index (κ3) is 3.81. The molecule has 1 aliphatic heterocycles. The number of aliphatic hydroxyl groups excluding tert-OH is 1. The van der Waals surface area contributed by atoms with Gasteiger partial charge in [-0.25, -0.2) is 9.37 Å². The molecule has 1 aliphatic rings. The van der Waals surface area contributed by atoms with Gasteiger partial charge in [0, 0.05) is 31.0 Å². The third-order valence-corrected chi connectivity index (χ3v) is 5.15. The van der Waals surface area contributed by atoms with E-state index in [1.165, 1.54) is 30.4 Å². The van der Waals surface area contributed by atoms with Crippen molar-refractivity contribution in [2.24, 2.45) is 0 Å². The first-order valence-electron chi connectivity index (χ1n) is 9.62. The van der Waals surface area contributed by atoms with Gasteiger partial charge in [-0.2, -0.15) is 0 Å². The number of carbonyl (C=O) groups is 2. The molecule has 2 aromatic heterocycles. The zero-order valence-corrected chi connectivity index (χ0v) is 16.7. The standard InChI is InChI=1S/C22H20FN3O5/c1-30-16-6-5-14(12-15(16)23)20(27)18-19(17-4-2-11-31-17)26(22(29)21(18)28)9-3-8-25-10-7-24-13-25/h2,4-7,10-13,19,27H,3,8-9H2,1H3. The molecule has 0 spiro atoms. The van der Waals surface area contributed by atoms with Crippen molar-refractivity contribution in [2.45, 2.75) is 19.0 Å². The number of imidazole rings is 1. The number of furan rings is 1. The lowest BCUT2D eigenvalue weighted by molar-refractivity contribution is -0.140. The molecule has 1 fully saturated rings. The summed E-state index contributed by atoms with van der Waals surface area (Å²) in [7, 11) is 1.32. The summed E-state index contributed by atoms with van der Waals surface area (Å²) in [5, 5.41) is 10.9. The Morgan fingerprint density at radius 2 is 2.13 bits per heavy atom. The monoisotopic (exact) mass is 425 g/mol. The number of likely N-dealkylation sites (tertiary alicyclic amines) is 1. The second-order valence-electron chi connectivity index (χ2n) is 7.01. The average Bonchev–Trinajstić information content (AvgIpc) is 3.52. The molecule has 1 aromatic carbocycles. The van der Waals surface area contributed by atoms with Crippen molar-refractivity contribution in [1.29, 1.82) is 0 Å². The van der Waals surface area contributed by atoms with Crippen LogP contribution in [0.4, 0.5) is 4.39 Å². The first-order chi connectivity index (χ1) is 15.0. The SMILES string of the molecule is COc1ccc(C(O)=C2C(=O)C(=O)N(CCCn3ccnc3)C2c2ccco2)cc1F. The Labute approximate surface area is 177 Å². The van der Waals surface area contributed by atoms with Crippen LogP contribution in [-0.4, -0.2) is 44.9 Å². The molecule has 1 amide bonds. The van der Waals surface area contributed by atoms with Gasteiger partial charge in [-0.1, -0.05) is 0 Å². The van der Waals surface area contributed by atoms with Gasteiger partial charge in [0.15, 0.2) is 11.6 Å². The number of Topliss-reactive ketones (excluding diaryl/α,β-unsaturated/α-hetero) is 1. The first kappa shape index (κ1) is 20.4.